The molecule has 0 unspecified atom stereocenters. The molecule has 6 heteroatoms. The highest BCUT2D eigenvalue weighted by atomic mass is 16.3. The fourth-order valence-corrected chi connectivity index (χ4v) is 2.56. The molecule has 2 heterocycles. The van der Waals surface area contributed by atoms with Gasteiger partial charge in [-0.1, -0.05) is 24.3 Å². The van der Waals surface area contributed by atoms with Crippen LogP contribution in [0.2, 0.25) is 0 Å². The molecule has 0 aliphatic heterocycles. The van der Waals surface area contributed by atoms with E-state index in [4.69, 9.17) is 10.2 Å². The number of hydrogen-bond acceptors (Lipinski definition) is 6. The van der Waals surface area contributed by atoms with Gasteiger partial charge >= 0.3 is 0 Å². The smallest absolute Gasteiger partial charge is 0.119 e. The Balaban J connectivity index is 0.000000125. The van der Waals surface area contributed by atoms with Crippen LogP contribution in [0.1, 0.15) is 5.56 Å². The van der Waals surface area contributed by atoms with E-state index in [1.165, 1.54) is 6.07 Å². The second-order valence-electron chi connectivity index (χ2n) is 6.12. The van der Waals surface area contributed by atoms with Gasteiger partial charge in [0, 0.05) is 30.9 Å². The highest BCUT2D eigenvalue weighted by molar-refractivity contribution is 5.73. The summed E-state index contributed by atoms with van der Waals surface area (Å²) >= 11 is 0. The van der Waals surface area contributed by atoms with Gasteiger partial charge in [0.25, 0.3) is 0 Å². The van der Waals surface area contributed by atoms with Crippen molar-refractivity contribution in [3.05, 3.63) is 97.1 Å². The van der Waals surface area contributed by atoms with Crippen LogP contribution in [-0.2, 0) is 0 Å². The first-order valence-electron chi connectivity index (χ1n) is 8.93. The molecule has 29 heavy (non-hydrogen) atoms. The van der Waals surface area contributed by atoms with E-state index in [2.05, 4.69) is 19.9 Å². The Morgan fingerprint density at radius 2 is 0.828 bits per heavy atom. The molecule has 0 aliphatic rings. The van der Waals surface area contributed by atoms with Gasteiger partial charge in [0.15, 0.2) is 0 Å². The van der Waals surface area contributed by atoms with E-state index in [0.29, 0.717) is 0 Å². The van der Waals surface area contributed by atoms with Gasteiger partial charge in [-0.3, -0.25) is 19.9 Å². The van der Waals surface area contributed by atoms with Crippen molar-refractivity contribution in [2.75, 3.05) is 0 Å². The Labute approximate surface area is 168 Å². The Kier molecular flexibility index (Phi) is 6.62. The van der Waals surface area contributed by atoms with Gasteiger partial charge in [0.05, 0.1) is 22.1 Å². The summed E-state index contributed by atoms with van der Waals surface area (Å²) in [6.45, 7) is 1.80. The molecule has 0 fully saturated rings. The number of fused-ring (bicyclic) bond motifs is 2. The molecule has 5 rings (SSSR count). The van der Waals surface area contributed by atoms with E-state index in [9.17, 15) is 0 Å². The molecule has 0 amide bonds. The quantitative estimate of drug-likeness (QED) is 0.403. The summed E-state index contributed by atoms with van der Waals surface area (Å²) in [7, 11) is 0. The van der Waals surface area contributed by atoms with Crippen LogP contribution in [0.4, 0.5) is 0 Å². The predicted octanol–water partition coefficient (Wildman–Crippen LogP) is 4.67. The van der Waals surface area contributed by atoms with E-state index < -0.39 is 0 Å². The van der Waals surface area contributed by atoms with Crippen molar-refractivity contribution in [3.63, 3.8) is 0 Å². The van der Waals surface area contributed by atoms with Gasteiger partial charge in [0.2, 0.25) is 0 Å². The second kappa shape index (κ2) is 9.75. The minimum atomic E-state index is 0.104. The average molecular weight is 384 g/mol. The monoisotopic (exact) mass is 384 g/mol. The summed E-state index contributed by atoms with van der Waals surface area (Å²) in [5.41, 5.74) is 4.65. The van der Waals surface area contributed by atoms with Crippen molar-refractivity contribution in [2.45, 2.75) is 6.92 Å². The molecule has 6 nitrogen and oxygen atoms in total. The van der Waals surface area contributed by atoms with Gasteiger partial charge in [-0.05, 0) is 48.9 Å². The highest BCUT2D eigenvalue weighted by Gasteiger charge is 1.92. The molecule has 0 aliphatic carbocycles. The number of benzene rings is 3. The number of aromatic hydroxyl groups is 2. The highest BCUT2D eigenvalue weighted by Crippen LogP contribution is 2.18. The zero-order chi connectivity index (χ0) is 20.5. The molecule has 3 aromatic carbocycles. The van der Waals surface area contributed by atoms with Gasteiger partial charge in [0.1, 0.15) is 11.5 Å². The molecule has 0 saturated heterocycles. The number of para-hydroxylation sites is 4. The number of aromatic nitrogens is 4. The zero-order valence-corrected chi connectivity index (χ0v) is 15.8. The second-order valence-corrected chi connectivity index (χ2v) is 6.12. The number of hydrogen-bond donors (Lipinski definition) is 2. The lowest BCUT2D eigenvalue weighted by Crippen LogP contribution is -1.78. The van der Waals surface area contributed by atoms with Crippen molar-refractivity contribution in [2.24, 2.45) is 0 Å². The largest absolute Gasteiger partial charge is 0.508 e. The summed E-state index contributed by atoms with van der Waals surface area (Å²) < 4.78 is 0. The molecular formula is C23H20N4O2. The summed E-state index contributed by atoms with van der Waals surface area (Å²) in [6.07, 6.45) is 6.79. The van der Waals surface area contributed by atoms with Crippen LogP contribution >= 0.6 is 0 Å². The maximum absolute atomic E-state index is 8.83. The van der Waals surface area contributed by atoms with Gasteiger partial charge in [-0.15, -0.1) is 0 Å². The molecule has 0 bridgehead atoms. The lowest BCUT2D eigenvalue weighted by molar-refractivity contribution is 0.450. The van der Waals surface area contributed by atoms with Crippen molar-refractivity contribution in [1.82, 2.24) is 19.9 Å². The fourth-order valence-electron chi connectivity index (χ4n) is 2.56. The summed E-state index contributed by atoms with van der Waals surface area (Å²) in [5, 5.41) is 17.7. The number of phenolic OH excluding ortho intramolecular Hbond substituents is 2. The normalized spacial score (nSPS) is 9.83. The fraction of sp³-hybridized carbons (Fsp3) is 0.0435. The van der Waals surface area contributed by atoms with Crippen molar-refractivity contribution in [3.8, 4) is 11.5 Å². The molecule has 144 valence electrons. The number of rotatable bonds is 0. The third-order valence-corrected chi connectivity index (χ3v) is 3.80. The molecule has 2 N–H and O–H groups in total. The zero-order valence-electron chi connectivity index (χ0n) is 15.8. The van der Waals surface area contributed by atoms with Crippen LogP contribution < -0.4 is 0 Å². The lowest BCUT2D eigenvalue weighted by atomic mass is 10.2. The van der Waals surface area contributed by atoms with E-state index in [0.717, 1.165) is 27.6 Å². The Bertz CT molecular complexity index is 959. The van der Waals surface area contributed by atoms with Gasteiger partial charge < -0.3 is 10.2 Å². The minimum Gasteiger partial charge on any atom is -0.508 e. The summed E-state index contributed by atoms with van der Waals surface area (Å²) in [6, 6.07) is 20.1. The average Bonchev–Trinajstić information content (AvgIpc) is 2.74. The summed E-state index contributed by atoms with van der Waals surface area (Å²) in [4.78, 5) is 16.5. The summed E-state index contributed by atoms with van der Waals surface area (Å²) in [5.74, 6) is 0.208. The maximum atomic E-state index is 8.83. The Morgan fingerprint density at radius 1 is 0.517 bits per heavy atom. The number of phenols is 2. The number of aryl methyl sites for hydroxylation is 1. The first-order chi connectivity index (χ1) is 14.1. The molecular weight excluding hydrogens is 364 g/mol. The van der Waals surface area contributed by atoms with E-state index >= 15 is 0 Å². The van der Waals surface area contributed by atoms with Crippen LogP contribution in [0.15, 0.2) is 91.5 Å². The molecule has 0 radical (unpaired) electrons. The van der Waals surface area contributed by atoms with Crippen LogP contribution in [0.3, 0.4) is 0 Å². The maximum Gasteiger partial charge on any atom is 0.119 e. The third-order valence-electron chi connectivity index (χ3n) is 3.80. The first-order valence-corrected chi connectivity index (χ1v) is 8.93. The van der Waals surface area contributed by atoms with E-state index in [1.807, 2.05) is 48.5 Å². The van der Waals surface area contributed by atoms with Crippen LogP contribution in [0.25, 0.3) is 22.1 Å². The van der Waals surface area contributed by atoms with Crippen molar-refractivity contribution in [1.29, 1.82) is 0 Å². The Hall–Kier alpha value is -4.06. The third kappa shape index (κ3) is 5.97. The number of nitrogens with zero attached hydrogens (tertiary/aromatic N) is 4. The van der Waals surface area contributed by atoms with Crippen molar-refractivity contribution < 1.29 is 10.2 Å². The molecule has 0 spiro atoms. The molecule has 2 aromatic heterocycles. The van der Waals surface area contributed by atoms with Gasteiger partial charge in [-0.2, -0.15) is 0 Å². The predicted molar refractivity (Wildman–Crippen MR) is 114 cm³/mol. The van der Waals surface area contributed by atoms with Crippen LogP contribution in [0, 0.1) is 6.92 Å². The van der Waals surface area contributed by atoms with Crippen LogP contribution in [-0.4, -0.2) is 30.1 Å². The standard InChI is InChI=1S/2C8H6N2.C7H8O2/c2*1-2-4-8-7(3-1)9-5-6-10-8;1-5-2-6(8)4-7(9)3-5/h2*1-6H;2-4,8-9H,1H3. The molecule has 0 atom stereocenters. The molecule has 5 aromatic rings. The van der Waals surface area contributed by atoms with Crippen LogP contribution in [0.5, 0.6) is 11.5 Å². The minimum absolute atomic E-state index is 0.104. The topological polar surface area (TPSA) is 92.0 Å². The molecule has 0 saturated carbocycles. The van der Waals surface area contributed by atoms with E-state index in [1.54, 1.807) is 43.8 Å². The first kappa shape index (κ1) is 19.7. The van der Waals surface area contributed by atoms with Gasteiger partial charge in [-0.25, -0.2) is 0 Å². The van der Waals surface area contributed by atoms with Crippen molar-refractivity contribution >= 4 is 22.1 Å². The van der Waals surface area contributed by atoms with E-state index in [-0.39, 0.29) is 11.5 Å². The SMILES string of the molecule is Cc1cc(O)cc(O)c1.c1ccc2nccnc2c1.c1ccc2nccnc2c1. The Morgan fingerprint density at radius 3 is 1.10 bits per heavy atom. The lowest BCUT2D eigenvalue weighted by Gasteiger charge is -1.94.